The molecule has 0 bridgehead atoms. The summed E-state index contributed by atoms with van der Waals surface area (Å²) in [6.07, 6.45) is 4.77. The molecule has 0 aliphatic heterocycles. The van der Waals surface area contributed by atoms with Gasteiger partial charge in [-0.2, -0.15) is 5.26 Å². The van der Waals surface area contributed by atoms with Crippen LogP contribution < -0.4 is 0 Å². The van der Waals surface area contributed by atoms with Gasteiger partial charge in [0, 0.05) is 5.57 Å². The van der Waals surface area contributed by atoms with Gasteiger partial charge in [0.05, 0.1) is 18.8 Å². The summed E-state index contributed by atoms with van der Waals surface area (Å²) in [5.74, 6) is 0. The average Bonchev–Trinajstić information content (AvgIpc) is 2.11. The molecular formula is C9H13NO2. The highest BCUT2D eigenvalue weighted by molar-refractivity contribution is 5.22. The second-order valence-electron chi connectivity index (χ2n) is 2.46. The molecule has 0 saturated carbocycles. The monoisotopic (exact) mass is 167 g/mol. The van der Waals surface area contributed by atoms with Gasteiger partial charge in [0.2, 0.25) is 0 Å². The maximum atomic E-state index is 8.89. The zero-order valence-electron chi connectivity index (χ0n) is 7.07. The predicted octanol–water partition coefficient (Wildman–Crippen LogP) is 0.756. The maximum absolute atomic E-state index is 8.89. The number of nitriles is 1. The van der Waals surface area contributed by atoms with Crippen LogP contribution in [-0.2, 0) is 0 Å². The van der Waals surface area contributed by atoms with E-state index in [0.29, 0.717) is 12.0 Å². The van der Waals surface area contributed by atoms with Crippen LogP contribution in [0.5, 0.6) is 0 Å². The van der Waals surface area contributed by atoms with Crippen molar-refractivity contribution in [2.45, 2.75) is 19.4 Å². The molecule has 3 heteroatoms. The highest BCUT2D eigenvalue weighted by Crippen LogP contribution is 1.94. The molecule has 0 amide bonds. The zero-order valence-corrected chi connectivity index (χ0v) is 7.07. The van der Waals surface area contributed by atoms with Crippen LogP contribution >= 0.6 is 0 Å². The van der Waals surface area contributed by atoms with Crippen molar-refractivity contribution in [2.24, 2.45) is 0 Å². The Hall–Kier alpha value is -1.11. The second kappa shape index (κ2) is 6.59. The van der Waals surface area contributed by atoms with Gasteiger partial charge in [-0.25, -0.2) is 0 Å². The van der Waals surface area contributed by atoms with Crippen molar-refractivity contribution in [2.75, 3.05) is 6.61 Å². The normalized spacial score (nSPS) is 14.7. The van der Waals surface area contributed by atoms with Crippen molar-refractivity contribution >= 4 is 0 Å². The van der Waals surface area contributed by atoms with E-state index in [2.05, 4.69) is 0 Å². The number of hydrogen-bond acceptors (Lipinski definition) is 3. The van der Waals surface area contributed by atoms with Crippen molar-refractivity contribution in [3.05, 3.63) is 23.8 Å². The average molecular weight is 167 g/mol. The minimum absolute atomic E-state index is 0.231. The summed E-state index contributed by atoms with van der Waals surface area (Å²) in [5.41, 5.74) is 0.615. The number of aliphatic hydroxyl groups excluding tert-OH is 2. The van der Waals surface area contributed by atoms with Gasteiger partial charge in [0.25, 0.3) is 0 Å². The fourth-order valence-corrected chi connectivity index (χ4v) is 0.560. The molecule has 3 nitrogen and oxygen atoms in total. The van der Waals surface area contributed by atoms with Crippen LogP contribution in [-0.4, -0.2) is 22.9 Å². The highest BCUT2D eigenvalue weighted by atomic mass is 16.3. The molecule has 66 valence electrons. The summed E-state index contributed by atoms with van der Waals surface area (Å²) in [6, 6.07) is 1.97. The van der Waals surface area contributed by atoms with Gasteiger partial charge in [0.15, 0.2) is 0 Å². The minimum atomic E-state index is -0.697. The molecular weight excluding hydrogens is 154 g/mol. The van der Waals surface area contributed by atoms with Crippen LogP contribution in [0, 0.1) is 11.3 Å². The minimum Gasteiger partial charge on any atom is -0.394 e. The first-order valence-electron chi connectivity index (χ1n) is 3.73. The van der Waals surface area contributed by atoms with E-state index in [0.717, 1.165) is 0 Å². The third-order valence-corrected chi connectivity index (χ3v) is 1.28. The first kappa shape index (κ1) is 10.9. The fraction of sp³-hybridized carbons (Fsp3) is 0.444. The summed E-state index contributed by atoms with van der Waals surface area (Å²) in [4.78, 5) is 0. The lowest BCUT2D eigenvalue weighted by Gasteiger charge is -1.99. The zero-order chi connectivity index (χ0) is 9.40. The standard InChI is InChI=1S/C9H13NO2/c1-8(6-10)4-2-3-5-9(12)7-11/h2-4,9,11-12H,5,7H2,1H3/b3-2-,8-4+. The van der Waals surface area contributed by atoms with Gasteiger partial charge in [-0.1, -0.05) is 12.2 Å². The van der Waals surface area contributed by atoms with Crippen LogP contribution in [0.2, 0.25) is 0 Å². The van der Waals surface area contributed by atoms with Gasteiger partial charge < -0.3 is 10.2 Å². The van der Waals surface area contributed by atoms with Gasteiger partial charge >= 0.3 is 0 Å². The third kappa shape index (κ3) is 5.66. The molecule has 0 aromatic rings. The Labute approximate surface area is 72.3 Å². The van der Waals surface area contributed by atoms with Crippen LogP contribution in [0.4, 0.5) is 0 Å². The van der Waals surface area contributed by atoms with Crippen molar-refractivity contribution in [3.63, 3.8) is 0 Å². The first-order valence-corrected chi connectivity index (χ1v) is 3.73. The number of nitrogens with zero attached hydrogens (tertiary/aromatic N) is 1. The first-order chi connectivity index (χ1) is 5.70. The largest absolute Gasteiger partial charge is 0.394 e. The Kier molecular flexibility index (Phi) is 5.98. The van der Waals surface area contributed by atoms with Gasteiger partial charge in [0.1, 0.15) is 0 Å². The highest BCUT2D eigenvalue weighted by Gasteiger charge is 1.95. The number of hydrogen-bond donors (Lipinski definition) is 2. The SMILES string of the molecule is C/C(C#N)=C\C=C/CC(O)CO. The summed E-state index contributed by atoms with van der Waals surface area (Å²) in [6.45, 7) is 1.47. The number of allylic oxidation sites excluding steroid dienone is 3. The van der Waals surface area contributed by atoms with E-state index in [-0.39, 0.29) is 6.61 Å². The summed E-state index contributed by atoms with van der Waals surface area (Å²) in [7, 11) is 0. The van der Waals surface area contributed by atoms with E-state index >= 15 is 0 Å². The molecule has 0 spiro atoms. The summed E-state index contributed by atoms with van der Waals surface area (Å²) < 4.78 is 0. The van der Waals surface area contributed by atoms with Crippen LogP contribution in [0.15, 0.2) is 23.8 Å². The van der Waals surface area contributed by atoms with Crippen molar-refractivity contribution in [1.29, 1.82) is 5.26 Å². The molecule has 0 rings (SSSR count). The Bertz CT molecular complexity index is 213. The quantitative estimate of drug-likeness (QED) is 0.480. The Morgan fingerprint density at radius 3 is 2.83 bits per heavy atom. The lowest BCUT2D eigenvalue weighted by atomic mass is 10.2. The van der Waals surface area contributed by atoms with Crippen LogP contribution in [0.1, 0.15) is 13.3 Å². The van der Waals surface area contributed by atoms with Gasteiger partial charge in [-0.15, -0.1) is 0 Å². The molecule has 1 unspecified atom stereocenters. The van der Waals surface area contributed by atoms with Crippen LogP contribution in [0.25, 0.3) is 0 Å². The lowest BCUT2D eigenvalue weighted by Crippen LogP contribution is -2.09. The molecule has 0 radical (unpaired) electrons. The summed E-state index contributed by atoms with van der Waals surface area (Å²) >= 11 is 0. The van der Waals surface area contributed by atoms with Crippen molar-refractivity contribution < 1.29 is 10.2 Å². The van der Waals surface area contributed by atoms with E-state index in [4.69, 9.17) is 15.5 Å². The predicted molar refractivity (Wildman–Crippen MR) is 46.2 cm³/mol. The Morgan fingerprint density at radius 2 is 2.33 bits per heavy atom. The van der Waals surface area contributed by atoms with E-state index in [1.165, 1.54) is 0 Å². The van der Waals surface area contributed by atoms with Gasteiger partial charge in [-0.3, -0.25) is 0 Å². The molecule has 0 aliphatic rings. The molecule has 0 heterocycles. The molecule has 0 saturated heterocycles. The van der Waals surface area contributed by atoms with Crippen LogP contribution in [0.3, 0.4) is 0 Å². The topological polar surface area (TPSA) is 64.2 Å². The molecule has 12 heavy (non-hydrogen) atoms. The summed E-state index contributed by atoms with van der Waals surface area (Å²) in [5, 5.41) is 25.7. The van der Waals surface area contributed by atoms with E-state index < -0.39 is 6.10 Å². The molecule has 2 N–H and O–H groups in total. The van der Waals surface area contributed by atoms with Gasteiger partial charge in [-0.05, 0) is 19.4 Å². The lowest BCUT2D eigenvalue weighted by molar-refractivity contribution is 0.0976. The van der Waals surface area contributed by atoms with E-state index in [9.17, 15) is 0 Å². The molecule has 1 atom stereocenters. The maximum Gasteiger partial charge on any atom is 0.0944 e. The number of aliphatic hydroxyl groups is 2. The molecule has 0 aromatic carbocycles. The number of rotatable bonds is 4. The molecule has 0 aliphatic carbocycles. The Balaban J connectivity index is 3.72. The van der Waals surface area contributed by atoms with E-state index in [1.807, 2.05) is 6.07 Å². The Morgan fingerprint density at radius 1 is 1.67 bits per heavy atom. The second-order valence-corrected chi connectivity index (χ2v) is 2.46. The fourth-order valence-electron chi connectivity index (χ4n) is 0.560. The smallest absolute Gasteiger partial charge is 0.0944 e. The van der Waals surface area contributed by atoms with Crippen molar-refractivity contribution in [3.8, 4) is 6.07 Å². The molecule has 0 fully saturated rings. The van der Waals surface area contributed by atoms with Crippen molar-refractivity contribution in [1.82, 2.24) is 0 Å². The molecule has 0 aromatic heterocycles. The third-order valence-electron chi connectivity index (χ3n) is 1.28. The van der Waals surface area contributed by atoms with E-state index in [1.54, 1.807) is 25.2 Å².